The second-order valence-corrected chi connectivity index (χ2v) is 6.23. The van der Waals surface area contributed by atoms with E-state index in [4.69, 9.17) is 0 Å². The number of likely N-dealkylation sites (tertiary alicyclic amines) is 1. The summed E-state index contributed by atoms with van der Waals surface area (Å²) in [5.41, 5.74) is 0.633. The Morgan fingerprint density at radius 1 is 1.43 bits per heavy atom. The fourth-order valence-electron chi connectivity index (χ4n) is 2.99. The summed E-state index contributed by atoms with van der Waals surface area (Å²) in [5, 5.41) is 13.0. The Hall–Kier alpha value is -1.39. The number of aliphatic hydroxyl groups excluding tert-OH is 1. The molecule has 3 atom stereocenters. The summed E-state index contributed by atoms with van der Waals surface area (Å²) in [7, 11) is 0. The predicted molar refractivity (Wildman–Crippen MR) is 83.8 cm³/mol. The van der Waals surface area contributed by atoms with Crippen molar-refractivity contribution >= 4 is 5.91 Å². The fraction of sp³-hybridized carbons (Fsp3) is 0.588. The van der Waals surface area contributed by atoms with Crippen molar-refractivity contribution in [2.24, 2.45) is 5.92 Å². The molecule has 2 rings (SSSR count). The van der Waals surface area contributed by atoms with E-state index >= 15 is 0 Å². The molecule has 2 N–H and O–H groups in total. The van der Waals surface area contributed by atoms with Crippen LogP contribution in [0.15, 0.2) is 30.3 Å². The van der Waals surface area contributed by atoms with Crippen LogP contribution in [0.4, 0.5) is 0 Å². The highest BCUT2D eigenvalue weighted by Crippen LogP contribution is 2.16. The molecule has 0 spiro atoms. The second kappa shape index (κ2) is 7.57. The number of benzene rings is 1. The molecular weight excluding hydrogens is 264 g/mol. The third-order valence-electron chi connectivity index (χ3n) is 4.03. The number of piperidine rings is 1. The third-order valence-corrected chi connectivity index (χ3v) is 4.03. The molecule has 116 valence electrons. The van der Waals surface area contributed by atoms with Crippen LogP contribution in [0.25, 0.3) is 0 Å². The van der Waals surface area contributed by atoms with Crippen molar-refractivity contribution in [2.75, 3.05) is 19.6 Å². The molecule has 1 amide bonds. The van der Waals surface area contributed by atoms with Crippen LogP contribution in [-0.4, -0.2) is 41.6 Å². The van der Waals surface area contributed by atoms with Gasteiger partial charge in [0.05, 0.1) is 0 Å². The van der Waals surface area contributed by atoms with Gasteiger partial charge in [0.2, 0.25) is 0 Å². The van der Waals surface area contributed by atoms with Gasteiger partial charge in [0, 0.05) is 19.1 Å². The molecule has 1 aliphatic heterocycles. The first kappa shape index (κ1) is 16.0. The van der Waals surface area contributed by atoms with E-state index in [0.29, 0.717) is 5.56 Å². The minimum absolute atomic E-state index is 0.0427. The standard InChI is InChI=1S/C17H26N2O2/c1-13-7-6-10-19(11-13)12-14(2)18-17(21)16(20)15-8-4-3-5-9-15/h3-5,8-9,13-14,16,20H,6-7,10-12H2,1-2H3,(H,18,21). The first-order valence-corrected chi connectivity index (χ1v) is 7.82. The van der Waals surface area contributed by atoms with Crippen LogP contribution in [0.3, 0.4) is 0 Å². The fourth-order valence-corrected chi connectivity index (χ4v) is 2.99. The van der Waals surface area contributed by atoms with Gasteiger partial charge in [-0.3, -0.25) is 4.79 Å². The van der Waals surface area contributed by atoms with Gasteiger partial charge in [-0.25, -0.2) is 0 Å². The highest BCUT2D eigenvalue weighted by Gasteiger charge is 2.22. The number of hydrogen-bond acceptors (Lipinski definition) is 3. The van der Waals surface area contributed by atoms with E-state index in [1.165, 1.54) is 12.8 Å². The van der Waals surface area contributed by atoms with Crippen LogP contribution in [0, 0.1) is 5.92 Å². The molecule has 1 aromatic rings. The summed E-state index contributed by atoms with van der Waals surface area (Å²) in [6.07, 6.45) is 1.44. The van der Waals surface area contributed by atoms with Crippen LogP contribution in [0.5, 0.6) is 0 Å². The van der Waals surface area contributed by atoms with E-state index in [1.54, 1.807) is 12.1 Å². The van der Waals surface area contributed by atoms with Crippen LogP contribution in [0.2, 0.25) is 0 Å². The Morgan fingerprint density at radius 3 is 2.81 bits per heavy atom. The molecule has 0 aromatic heterocycles. The first-order valence-electron chi connectivity index (χ1n) is 7.82. The zero-order chi connectivity index (χ0) is 15.2. The molecular formula is C17H26N2O2. The third kappa shape index (κ3) is 4.83. The number of hydrogen-bond donors (Lipinski definition) is 2. The van der Waals surface area contributed by atoms with Gasteiger partial charge in [-0.15, -0.1) is 0 Å². The van der Waals surface area contributed by atoms with E-state index < -0.39 is 6.10 Å². The molecule has 1 heterocycles. The number of carbonyl (C=O) groups is 1. The minimum Gasteiger partial charge on any atom is -0.378 e. The molecule has 0 bridgehead atoms. The highest BCUT2D eigenvalue weighted by atomic mass is 16.3. The molecule has 0 saturated carbocycles. The summed E-state index contributed by atoms with van der Waals surface area (Å²) >= 11 is 0. The van der Waals surface area contributed by atoms with Crippen molar-refractivity contribution in [1.29, 1.82) is 0 Å². The average Bonchev–Trinajstić information content (AvgIpc) is 2.47. The Kier molecular flexibility index (Phi) is 5.76. The van der Waals surface area contributed by atoms with Crippen molar-refractivity contribution in [3.05, 3.63) is 35.9 Å². The number of amides is 1. The highest BCUT2D eigenvalue weighted by molar-refractivity contribution is 5.82. The van der Waals surface area contributed by atoms with Crippen LogP contribution in [0.1, 0.15) is 38.4 Å². The van der Waals surface area contributed by atoms with Gasteiger partial charge < -0.3 is 15.3 Å². The number of rotatable bonds is 5. The minimum atomic E-state index is -1.09. The van der Waals surface area contributed by atoms with Gasteiger partial charge in [0.25, 0.3) is 5.91 Å². The van der Waals surface area contributed by atoms with Gasteiger partial charge >= 0.3 is 0 Å². The van der Waals surface area contributed by atoms with Gasteiger partial charge in [-0.2, -0.15) is 0 Å². The van der Waals surface area contributed by atoms with Crippen molar-refractivity contribution < 1.29 is 9.90 Å². The largest absolute Gasteiger partial charge is 0.378 e. The monoisotopic (exact) mass is 290 g/mol. The molecule has 4 nitrogen and oxygen atoms in total. The summed E-state index contributed by atoms with van der Waals surface area (Å²) in [6, 6.07) is 9.09. The topological polar surface area (TPSA) is 52.6 Å². The molecule has 4 heteroatoms. The zero-order valence-corrected chi connectivity index (χ0v) is 13.0. The number of carbonyl (C=O) groups excluding carboxylic acids is 1. The number of nitrogens with zero attached hydrogens (tertiary/aromatic N) is 1. The lowest BCUT2D eigenvalue weighted by Gasteiger charge is -2.33. The second-order valence-electron chi connectivity index (χ2n) is 6.23. The Balaban J connectivity index is 1.81. The molecule has 1 fully saturated rings. The Labute approximate surface area is 127 Å². The smallest absolute Gasteiger partial charge is 0.253 e. The van der Waals surface area contributed by atoms with E-state index in [1.807, 2.05) is 25.1 Å². The Bertz CT molecular complexity index is 449. The quantitative estimate of drug-likeness (QED) is 0.871. The van der Waals surface area contributed by atoms with Crippen LogP contribution < -0.4 is 5.32 Å². The van der Waals surface area contributed by atoms with Gasteiger partial charge in [-0.05, 0) is 37.8 Å². The lowest BCUT2D eigenvalue weighted by Crippen LogP contribution is -2.46. The summed E-state index contributed by atoms with van der Waals surface area (Å²) in [4.78, 5) is 14.5. The maximum Gasteiger partial charge on any atom is 0.253 e. The number of aliphatic hydroxyl groups is 1. The van der Waals surface area contributed by atoms with Gasteiger partial charge in [-0.1, -0.05) is 37.3 Å². The summed E-state index contributed by atoms with van der Waals surface area (Å²) in [6.45, 7) is 7.31. The lowest BCUT2D eigenvalue weighted by atomic mass is 10.00. The van der Waals surface area contributed by atoms with Crippen LogP contribution in [-0.2, 0) is 4.79 Å². The van der Waals surface area contributed by atoms with E-state index in [0.717, 1.165) is 25.6 Å². The zero-order valence-electron chi connectivity index (χ0n) is 13.0. The van der Waals surface area contributed by atoms with Crippen molar-refractivity contribution in [3.8, 4) is 0 Å². The maximum atomic E-state index is 12.1. The maximum absolute atomic E-state index is 12.1. The van der Waals surface area contributed by atoms with E-state index in [9.17, 15) is 9.90 Å². The van der Waals surface area contributed by atoms with E-state index in [-0.39, 0.29) is 11.9 Å². The van der Waals surface area contributed by atoms with Gasteiger partial charge in [0.15, 0.2) is 6.10 Å². The number of nitrogens with one attached hydrogen (secondary N) is 1. The lowest BCUT2D eigenvalue weighted by molar-refractivity contribution is -0.130. The molecule has 0 aliphatic carbocycles. The van der Waals surface area contributed by atoms with Gasteiger partial charge in [0.1, 0.15) is 0 Å². The van der Waals surface area contributed by atoms with Crippen molar-refractivity contribution in [1.82, 2.24) is 10.2 Å². The molecule has 21 heavy (non-hydrogen) atoms. The predicted octanol–water partition coefficient (Wildman–Crippen LogP) is 1.96. The molecule has 3 unspecified atom stereocenters. The molecule has 0 radical (unpaired) electrons. The van der Waals surface area contributed by atoms with E-state index in [2.05, 4.69) is 17.1 Å². The summed E-state index contributed by atoms with van der Waals surface area (Å²) in [5.74, 6) is 0.412. The Morgan fingerprint density at radius 2 is 2.14 bits per heavy atom. The SMILES string of the molecule is CC1CCCN(CC(C)NC(=O)C(O)c2ccccc2)C1. The average molecular weight is 290 g/mol. The molecule has 1 saturated heterocycles. The normalized spacial score (nSPS) is 22.5. The van der Waals surface area contributed by atoms with Crippen molar-refractivity contribution in [3.63, 3.8) is 0 Å². The molecule has 1 aliphatic rings. The van der Waals surface area contributed by atoms with Crippen LogP contribution >= 0.6 is 0 Å². The first-order chi connectivity index (χ1) is 10.1. The summed E-state index contributed by atoms with van der Waals surface area (Å²) < 4.78 is 0. The van der Waals surface area contributed by atoms with Crippen molar-refractivity contribution in [2.45, 2.75) is 38.8 Å². The molecule has 1 aromatic carbocycles.